The number of aryl methyl sites for hydroxylation is 1. The lowest BCUT2D eigenvalue weighted by atomic mass is 10.2. The number of nitrogens with one attached hydrogen (secondary N) is 2. The summed E-state index contributed by atoms with van der Waals surface area (Å²) in [7, 11) is -1.98. The van der Waals surface area contributed by atoms with E-state index in [9.17, 15) is 18.0 Å². The average molecular weight is 429 g/mol. The zero-order valence-electron chi connectivity index (χ0n) is 16.8. The summed E-state index contributed by atoms with van der Waals surface area (Å²) < 4.78 is 27.0. The molecule has 0 saturated heterocycles. The van der Waals surface area contributed by atoms with E-state index in [1.165, 1.54) is 30.2 Å². The van der Waals surface area contributed by atoms with Crippen LogP contribution in [0.5, 0.6) is 0 Å². The maximum absolute atomic E-state index is 12.3. The normalized spacial score (nSPS) is 13.9. The van der Waals surface area contributed by atoms with Crippen molar-refractivity contribution < 1.29 is 18.0 Å². The highest BCUT2D eigenvalue weighted by Crippen LogP contribution is 2.22. The van der Waals surface area contributed by atoms with Crippen LogP contribution in [0.15, 0.2) is 53.6 Å². The molecule has 1 aromatic heterocycles. The Bertz CT molecular complexity index is 1060. The first kappa shape index (κ1) is 21.7. The Kier molecular flexibility index (Phi) is 6.63. The minimum absolute atomic E-state index is 0.0432. The molecule has 0 spiro atoms. The molecule has 2 N–H and O–H groups in total. The first-order valence-electron chi connectivity index (χ1n) is 9.51. The number of amides is 2. The quantitative estimate of drug-likeness (QED) is 0.625. The molecule has 1 heterocycles. The molecule has 1 aliphatic carbocycles. The van der Waals surface area contributed by atoms with E-state index in [2.05, 4.69) is 15.0 Å². The minimum atomic E-state index is -3.50. The van der Waals surface area contributed by atoms with Crippen molar-refractivity contribution in [3.63, 3.8) is 0 Å². The Morgan fingerprint density at radius 2 is 1.90 bits per heavy atom. The van der Waals surface area contributed by atoms with Gasteiger partial charge in [-0.05, 0) is 61.2 Å². The van der Waals surface area contributed by atoms with E-state index in [1.54, 1.807) is 30.5 Å². The maximum Gasteiger partial charge on any atom is 0.246 e. The van der Waals surface area contributed by atoms with E-state index >= 15 is 0 Å². The lowest BCUT2D eigenvalue weighted by Gasteiger charge is -2.14. The molecular formula is C21H24N4O4S. The van der Waals surface area contributed by atoms with E-state index < -0.39 is 10.0 Å². The Morgan fingerprint density at radius 1 is 1.20 bits per heavy atom. The number of benzene rings is 1. The van der Waals surface area contributed by atoms with Gasteiger partial charge in [0.2, 0.25) is 21.8 Å². The second kappa shape index (κ2) is 9.19. The number of anilines is 1. The summed E-state index contributed by atoms with van der Waals surface area (Å²) in [6.07, 6.45) is 6.25. The molecule has 3 rings (SSSR count). The average Bonchev–Trinajstić information content (AvgIpc) is 3.49. The summed E-state index contributed by atoms with van der Waals surface area (Å²) in [4.78, 5) is 29.9. The van der Waals surface area contributed by atoms with Crippen molar-refractivity contribution in [1.29, 1.82) is 0 Å². The summed E-state index contributed by atoms with van der Waals surface area (Å²) in [5.74, 6) is -0.271. The number of carbonyl (C=O) groups is 2. The first-order chi connectivity index (χ1) is 14.2. The Hall–Kier alpha value is -3.04. The number of aromatic nitrogens is 1. The van der Waals surface area contributed by atoms with Crippen LogP contribution >= 0.6 is 0 Å². The molecule has 158 valence electrons. The van der Waals surface area contributed by atoms with Crippen LogP contribution in [-0.4, -0.2) is 49.8 Å². The monoisotopic (exact) mass is 428 g/mol. The number of likely N-dealkylation sites (N-methyl/N-ethyl adjacent to an activating group) is 1. The minimum Gasteiger partial charge on any atom is -0.333 e. The maximum atomic E-state index is 12.3. The highest BCUT2D eigenvalue weighted by atomic mass is 32.2. The van der Waals surface area contributed by atoms with Crippen molar-refractivity contribution in [1.82, 2.24) is 14.6 Å². The van der Waals surface area contributed by atoms with Gasteiger partial charge in [0.15, 0.2) is 0 Å². The molecule has 1 saturated carbocycles. The third-order valence-corrected chi connectivity index (χ3v) is 5.98. The van der Waals surface area contributed by atoms with Gasteiger partial charge >= 0.3 is 0 Å². The summed E-state index contributed by atoms with van der Waals surface area (Å²) in [5, 5.41) is 2.65. The van der Waals surface area contributed by atoms with Gasteiger partial charge in [0, 0.05) is 25.4 Å². The fourth-order valence-corrected chi connectivity index (χ4v) is 3.93. The van der Waals surface area contributed by atoms with Crippen LogP contribution in [0.1, 0.15) is 24.0 Å². The molecule has 0 aliphatic heterocycles. The molecule has 2 amide bonds. The fourth-order valence-electron chi connectivity index (χ4n) is 2.62. The van der Waals surface area contributed by atoms with Gasteiger partial charge in [0.1, 0.15) is 5.82 Å². The summed E-state index contributed by atoms with van der Waals surface area (Å²) in [6, 6.07) is 9.86. The molecule has 30 heavy (non-hydrogen) atoms. The standard InChI is InChI=1S/C21H24N4O4S/c1-15-11-12-22-19(13-15)23-20(26)14-25(2)21(27)10-5-16-3-8-18(9-4-16)30(28,29)24-17-6-7-17/h3-5,8-13,17,24H,6-7,14H2,1-2H3,(H,22,23,26)/b10-5+. The molecule has 9 heteroatoms. The Balaban J connectivity index is 1.53. The predicted octanol–water partition coefficient (Wildman–Crippen LogP) is 1.94. The van der Waals surface area contributed by atoms with Crippen molar-refractivity contribution in [2.45, 2.75) is 30.7 Å². The third kappa shape index (κ3) is 6.23. The number of sulfonamides is 1. The van der Waals surface area contributed by atoms with Crippen LogP contribution in [0.4, 0.5) is 5.82 Å². The molecule has 0 bridgehead atoms. The van der Waals surface area contributed by atoms with Gasteiger partial charge in [-0.1, -0.05) is 12.1 Å². The topological polar surface area (TPSA) is 108 Å². The van der Waals surface area contributed by atoms with Gasteiger partial charge in [-0.15, -0.1) is 0 Å². The van der Waals surface area contributed by atoms with Crippen molar-refractivity contribution in [3.05, 3.63) is 59.8 Å². The van der Waals surface area contributed by atoms with Crippen molar-refractivity contribution in [2.75, 3.05) is 18.9 Å². The van der Waals surface area contributed by atoms with Crippen molar-refractivity contribution >= 4 is 33.7 Å². The van der Waals surface area contributed by atoms with Crippen LogP contribution in [0.25, 0.3) is 6.08 Å². The van der Waals surface area contributed by atoms with E-state index in [0.717, 1.165) is 18.4 Å². The number of nitrogens with zero attached hydrogens (tertiary/aromatic N) is 2. The summed E-state index contributed by atoms with van der Waals surface area (Å²) in [6.45, 7) is 1.77. The zero-order valence-corrected chi connectivity index (χ0v) is 17.6. The molecule has 0 unspecified atom stereocenters. The van der Waals surface area contributed by atoms with Gasteiger partial charge < -0.3 is 10.2 Å². The molecule has 0 radical (unpaired) electrons. The van der Waals surface area contributed by atoms with Crippen LogP contribution < -0.4 is 10.0 Å². The highest BCUT2D eigenvalue weighted by Gasteiger charge is 2.27. The molecular weight excluding hydrogens is 404 g/mol. The van der Waals surface area contributed by atoms with Crippen LogP contribution in [0, 0.1) is 6.92 Å². The van der Waals surface area contributed by atoms with Gasteiger partial charge in [-0.25, -0.2) is 18.1 Å². The van der Waals surface area contributed by atoms with Crippen LogP contribution in [-0.2, 0) is 19.6 Å². The number of pyridine rings is 1. The lowest BCUT2D eigenvalue weighted by Crippen LogP contribution is -2.34. The molecule has 1 aliphatic rings. The van der Waals surface area contributed by atoms with E-state index in [-0.39, 0.29) is 29.3 Å². The molecule has 1 fully saturated rings. The molecule has 2 aromatic rings. The SMILES string of the molecule is Cc1ccnc(NC(=O)CN(C)C(=O)/C=C/c2ccc(S(=O)(=O)NC3CC3)cc2)c1. The second-order valence-electron chi connectivity index (χ2n) is 7.26. The largest absolute Gasteiger partial charge is 0.333 e. The first-order valence-corrected chi connectivity index (χ1v) is 11.0. The second-order valence-corrected chi connectivity index (χ2v) is 8.97. The van der Waals surface area contributed by atoms with Crippen molar-refractivity contribution in [2.24, 2.45) is 0 Å². The van der Waals surface area contributed by atoms with Gasteiger partial charge in [0.25, 0.3) is 0 Å². The smallest absolute Gasteiger partial charge is 0.246 e. The number of hydrogen-bond donors (Lipinski definition) is 2. The van der Waals surface area contributed by atoms with Crippen LogP contribution in [0.2, 0.25) is 0 Å². The summed E-state index contributed by atoms with van der Waals surface area (Å²) in [5.41, 5.74) is 1.64. The lowest BCUT2D eigenvalue weighted by molar-refractivity contribution is -0.129. The number of hydrogen-bond acceptors (Lipinski definition) is 5. The number of rotatable bonds is 8. The highest BCUT2D eigenvalue weighted by molar-refractivity contribution is 7.89. The van der Waals surface area contributed by atoms with Gasteiger partial charge in [-0.3, -0.25) is 9.59 Å². The van der Waals surface area contributed by atoms with E-state index in [4.69, 9.17) is 0 Å². The van der Waals surface area contributed by atoms with Crippen molar-refractivity contribution in [3.8, 4) is 0 Å². The Morgan fingerprint density at radius 3 is 2.53 bits per heavy atom. The third-order valence-electron chi connectivity index (χ3n) is 4.45. The van der Waals surface area contributed by atoms with E-state index in [0.29, 0.717) is 11.4 Å². The fraction of sp³-hybridized carbons (Fsp3) is 0.286. The van der Waals surface area contributed by atoms with Gasteiger partial charge in [-0.2, -0.15) is 0 Å². The summed E-state index contributed by atoms with van der Waals surface area (Å²) >= 11 is 0. The number of carbonyl (C=O) groups excluding carboxylic acids is 2. The van der Waals surface area contributed by atoms with Gasteiger partial charge in [0.05, 0.1) is 11.4 Å². The predicted molar refractivity (Wildman–Crippen MR) is 114 cm³/mol. The van der Waals surface area contributed by atoms with E-state index in [1.807, 2.05) is 13.0 Å². The Labute approximate surface area is 176 Å². The molecule has 1 aromatic carbocycles. The zero-order chi connectivity index (χ0) is 21.7. The molecule has 8 nitrogen and oxygen atoms in total. The van der Waals surface area contributed by atoms with Crippen LogP contribution in [0.3, 0.4) is 0 Å². The molecule has 0 atom stereocenters.